The van der Waals surface area contributed by atoms with Gasteiger partial charge in [-0.15, -0.1) is 5.10 Å². The number of nitrogens with zero attached hydrogens (tertiary/aromatic N) is 3. The van der Waals surface area contributed by atoms with E-state index in [1.165, 1.54) is 0 Å². The number of aromatic nitrogens is 3. The van der Waals surface area contributed by atoms with Crippen LogP contribution in [0.5, 0.6) is 0 Å². The Morgan fingerprint density at radius 3 is 2.75 bits per heavy atom. The molecule has 20 heavy (non-hydrogen) atoms. The summed E-state index contributed by atoms with van der Waals surface area (Å²) >= 11 is 6.04. The number of carbonyl (C=O) groups is 1. The molecule has 0 fully saturated rings. The number of carbonyl (C=O) groups excluding carboxylic acids is 1. The van der Waals surface area contributed by atoms with E-state index < -0.39 is 0 Å². The maximum Gasteiger partial charge on any atom is 0.253 e. The van der Waals surface area contributed by atoms with Crippen LogP contribution in [0.3, 0.4) is 0 Å². The highest BCUT2D eigenvalue weighted by Gasteiger charge is 2.19. The molecule has 2 aromatic rings. The second-order valence-electron chi connectivity index (χ2n) is 4.93. The molecule has 5 nitrogen and oxygen atoms in total. The van der Waals surface area contributed by atoms with Crippen LogP contribution in [0.15, 0.2) is 36.7 Å². The van der Waals surface area contributed by atoms with Gasteiger partial charge in [0.25, 0.3) is 5.91 Å². The summed E-state index contributed by atoms with van der Waals surface area (Å²) in [6.45, 7) is 4.68. The van der Waals surface area contributed by atoms with Crippen molar-refractivity contribution in [2.45, 2.75) is 26.4 Å². The Hall–Kier alpha value is -1.88. The molecule has 106 valence electrons. The minimum atomic E-state index is -0.172. The molecule has 1 atom stereocenters. The van der Waals surface area contributed by atoms with Gasteiger partial charge in [0.15, 0.2) is 0 Å². The number of nitrogens with one attached hydrogen (secondary N) is 1. The zero-order valence-corrected chi connectivity index (χ0v) is 12.2. The van der Waals surface area contributed by atoms with Crippen LogP contribution in [0.1, 0.15) is 24.2 Å². The molecule has 1 N–H and O–H groups in total. The van der Waals surface area contributed by atoms with Crippen molar-refractivity contribution < 1.29 is 4.79 Å². The lowest BCUT2D eigenvalue weighted by atomic mass is 10.0. The van der Waals surface area contributed by atoms with Gasteiger partial charge in [-0.3, -0.25) is 9.48 Å². The van der Waals surface area contributed by atoms with E-state index in [4.69, 9.17) is 11.6 Å². The zero-order chi connectivity index (χ0) is 14.5. The summed E-state index contributed by atoms with van der Waals surface area (Å²) in [7, 11) is 0. The molecular weight excluding hydrogens is 276 g/mol. The van der Waals surface area contributed by atoms with E-state index in [2.05, 4.69) is 29.5 Å². The molecule has 0 radical (unpaired) electrons. The average molecular weight is 293 g/mol. The fraction of sp³-hybridized carbons (Fsp3) is 0.357. The van der Waals surface area contributed by atoms with Gasteiger partial charge in [-0.1, -0.05) is 42.8 Å². The van der Waals surface area contributed by atoms with Crippen molar-refractivity contribution in [3.8, 4) is 0 Å². The van der Waals surface area contributed by atoms with Crippen LogP contribution >= 0.6 is 11.6 Å². The SMILES string of the molecule is CC(C)[C@H](Cn1ccnn1)NC(=O)c1ccccc1Cl. The molecule has 0 aliphatic heterocycles. The fourth-order valence-electron chi connectivity index (χ4n) is 1.85. The van der Waals surface area contributed by atoms with Crippen molar-refractivity contribution in [1.82, 2.24) is 20.3 Å². The molecule has 0 spiro atoms. The third-order valence-corrected chi connectivity index (χ3v) is 3.42. The zero-order valence-electron chi connectivity index (χ0n) is 11.5. The van der Waals surface area contributed by atoms with Crippen LogP contribution in [0.4, 0.5) is 0 Å². The first-order valence-electron chi connectivity index (χ1n) is 6.47. The highest BCUT2D eigenvalue weighted by atomic mass is 35.5. The molecule has 1 amide bonds. The minimum Gasteiger partial charge on any atom is -0.347 e. The van der Waals surface area contributed by atoms with Gasteiger partial charge in [0.1, 0.15) is 0 Å². The molecule has 0 saturated carbocycles. The van der Waals surface area contributed by atoms with Crippen LogP contribution in [-0.2, 0) is 6.54 Å². The van der Waals surface area contributed by atoms with Gasteiger partial charge in [-0.05, 0) is 18.1 Å². The van der Waals surface area contributed by atoms with Crippen LogP contribution in [0.2, 0.25) is 5.02 Å². The summed E-state index contributed by atoms with van der Waals surface area (Å²) in [5.41, 5.74) is 0.485. The van der Waals surface area contributed by atoms with E-state index in [0.717, 1.165) is 0 Å². The van der Waals surface area contributed by atoms with Gasteiger partial charge < -0.3 is 5.32 Å². The number of benzene rings is 1. The molecule has 1 aromatic heterocycles. The van der Waals surface area contributed by atoms with Crippen molar-refractivity contribution >= 4 is 17.5 Å². The molecule has 2 rings (SSSR count). The van der Waals surface area contributed by atoms with Crippen molar-refractivity contribution in [2.75, 3.05) is 0 Å². The summed E-state index contributed by atoms with van der Waals surface area (Å²) in [6, 6.07) is 6.97. The molecule has 0 bridgehead atoms. The summed E-state index contributed by atoms with van der Waals surface area (Å²) in [6.07, 6.45) is 3.39. The van der Waals surface area contributed by atoms with E-state index in [0.29, 0.717) is 17.1 Å². The second kappa shape index (κ2) is 6.52. The van der Waals surface area contributed by atoms with Gasteiger partial charge in [0, 0.05) is 6.20 Å². The lowest BCUT2D eigenvalue weighted by Gasteiger charge is -2.22. The molecule has 0 aliphatic carbocycles. The standard InChI is InChI=1S/C14H17ClN4O/c1-10(2)13(9-19-8-7-16-18-19)17-14(20)11-5-3-4-6-12(11)15/h3-8,10,13H,9H2,1-2H3,(H,17,20)/t13-/m0/s1. The molecule has 0 aliphatic rings. The van der Waals surface area contributed by atoms with Gasteiger partial charge >= 0.3 is 0 Å². The van der Waals surface area contributed by atoms with Crippen molar-refractivity contribution in [2.24, 2.45) is 5.92 Å². The maximum atomic E-state index is 12.3. The highest BCUT2D eigenvalue weighted by molar-refractivity contribution is 6.33. The Labute approximate surface area is 122 Å². The Kier molecular flexibility index (Phi) is 4.74. The first kappa shape index (κ1) is 14.5. The first-order chi connectivity index (χ1) is 9.58. The van der Waals surface area contributed by atoms with E-state index in [1.54, 1.807) is 41.3 Å². The van der Waals surface area contributed by atoms with Crippen molar-refractivity contribution in [3.63, 3.8) is 0 Å². The number of halogens is 1. The predicted molar refractivity (Wildman–Crippen MR) is 77.6 cm³/mol. The van der Waals surface area contributed by atoms with Crippen molar-refractivity contribution in [1.29, 1.82) is 0 Å². The third kappa shape index (κ3) is 3.57. The summed E-state index contributed by atoms with van der Waals surface area (Å²) < 4.78 is 1.71. The van der Waals surface area contributed by atoms with Crippen LogP contribution in [0.25, 0.3) is 0 Å². The predicted octanol–water partition coefficient (Wildman–Crippen LogP) is 2.39. The number of rotatable bonds is 5. The fourth-order valence-corrected chi connectivity index (χ4v) is 2.07. The van der Waals surface area contributed by atoms with E-state index >= 15 is 0 Å². The third-order valence-electron chi connectivity index (χ3n) is 3.10. The smallest absolute Gasteiger partial charge is 0.253 e. The Balaban J connectivity index is 2.08. The van der Waals surface area contributed by atoms with Gasteiger partial charge in [-0.2, -0.15) is 0 Å². The Bertz CT molecular complexity index is 568. The average Bonchev–Trinajstić information content (AvgIpc) is 2.91. The van der Waals surface area contributed by atoms with E-state index in [1.807, 2.05) is 0 Å². The molecule has 0 unspecified atom stereocenters. The van der Waals surface area contributed by atoms with E-state index in [9.17, 15) is 4.79 Å². The molecule has 0 saturated heterocycles. The van der Waals surface area contributed by atoms with Gasteiger partial charge in [-0.25, -0.2) is 0 Å². The molecule has 1 heterocycles. The lowest BCUT2D eigenvalue weighted by Crippen LogP contribution is -2.41. The lowest BCUT2D eigenvalue weighted by molar-refractivity contribution is 0.0919. The van der Waals surface area contributed by atoms with Crippen LogP contribution < -0.4 is 5.32 Å². The van der Waals surface area contributed by atoms with Gasteiger partial charge in [0.2, 0.25) is 0 Å². The topological polar surface area (TPSA) is 59.8 Å². The number of hydrogen-bond donors (Lipinski definition) is 1. The summed E-state index contributed by atoms with van der Waals surface area (Å²) in [4.78, 5) is 12.3. The van der Waals surface area contributed by atoms with Crippen LogP contribution in [-0.4, -0.2) is 26.9 Å². The largest absolute Gasteiger partial charge is 0.347 e. The number of amides is 1. The molecular formula is C14H17ClN4O. The summed E-state index contributed by atoms with van der Waals surface area (Å²) in [5.74, 6) is 0.0973. The normalized spacial score (nSPS) is 12.4. The Morgan fingerprint density at radius 1 is 1.40 bits per heavy atom. The Morgan fingerprint density at radius 2 is 2.15 bits per heavy atom. The number of hydrogen-bond acceptors (Lipinski definition) is 3. The summed E-state index contributed by atoms with van der Waals surface area (Å²) in [5, 5.41) is 11.1. The molecule has 1 aromatic carbocycles. The van der Waals surface area contributed by atoms with Crippen molar-refractivity contribution in [3.05, 3.63) is 47.2 Å². The minimum absolute atomic E-state index is 0.0412. The quantitative estimate of drug-likeness (QED) is 0.920. The van der Waals surface area contributed by atoms with E-state index in [-0.39, 0.29) is 17.9 Å². The monoisotopic (exact) mass is 292 g/mol. The highest BCUT2D eigenvalue weighted by Crippen LogP contribution is 2.15. The second-order valence-corrected chi connectivity index (χ2v) is 5.34. The first-order valence-corrected chi connectivity index (χ1v) is 6.85. The van der Waals surface area contributed by atoms with Crippen LogP contribution in [0, 0.1) is 5.92 Å². The maximum absolute atomic E-state index is 12.3. The van der Waals surface area contributed by atoms with Gasteiger partial charge in [0.05, 0.1) is 29.4 Å². The molecule has 6 heteroatoms.